The molecule has 0 unspecified atom stereocenters. The van der Waals surface area contributed by atoms with E-state index < -0.39 is 28.6 Å². The maximum absolute atomic E-state index is 12.2. The zero-order valence-electron chi connectivity index (χ0n) is 17.7. The molecule has 0 aliphatic heterocycles. The number of hydrogen-bond acceptors (Lipinski definition) is 5. The van der Waals surface area contributed by atoms with E-state index in [1.165, 1.54) is 0 Å². The first kappa shape index (κ1) is 23.2. The van der Waals surface area contributed by atoms with E-state index in [1.54, 1.807) is 18.2 Å². The van der Waals surface area contributed by atoms with Crippen LogP contribution in [0.5, 0.6) is 0 Å². The number of carbonyl (C=O) groups is 2. The number of aromatic amines is 1. The molecule has 162 valence electrons. The lowest BCUT2D eigenvalue weighted by Gasteiger charge is -2.26. The van der Waals surface area contributed by atoms with Crippen molar-refractivity contribution in [2.45, 2.75) is 34.2 Å². The highest BCUT2D eigenvalue weighted by Gasteiger charge is 2.26. The van der Waals surface area contributed by atoms with Crippen molar-refractivity contribution in [3.8, 4) is 11.1 Å². The fraction of sp³-hybridized carbons (Fsp3) is 0.409. The summed E-state index contributed by atoms with van der Waals surface area (Å²) in [6.07, 6.45) is 0. The molecule has 8 heteroatoms. The van der Waals surface area contributed by atoms with Crippen LogP contribution in [-0.2, 0) is 6.54 Å². The van der Waals surface area contributed by atoms with Gasteiger partial charge in [-0.25, -0.2) is 9.59 Å². The molecule has 0 spiro atoms. The third kappa shape index (κ3) is 5.48. The summed E-state index contributed by atoms with van der Waals surface area (Å²) in [5, 5.41) is 19.2. The number of carboxylic acid groups (broad SMARTS) is 2. The van der Waals surface area contributed by atoms with Crippen LogP contribution in [0.1, 0.15) is 54.0 Å². The molecule has 5 N–H and O–H groups in total. The minimum Gasteiger partial charge on any atom is -0.478 e. The number of nitrogens with two attached hydrogens (primary N) is 1. The van der Waals surface area contributed by atoms with Crippen molar-refractivity contribution in [2.24, 2.45) is 11.8 Å². The van der Waals surface area contributed by atoms with Gasteiger partial charge in [0.1, 0.15) is 16.9 Å². The molecule has 0 saturated carbocycles. The van der Waals surface area contributed by atoms with E-state index >= 15 is 0 Å². The van der Waals surface area contributed by atoms with Crippen LogP contribution in [0.3, 0.4) is 0 Å². The van der Waals surface area contributed by atoms with Gasteiger partial charge in [-0.05, 0) is 29.0 Å². The van der Waals surface area contributed by atoms with Crippen LogP contribution in [0.4, 0.5) is 5.82 Å². The van der Waals surface area contributed by atoms with Crippen LogP contribution in [0.15, 0.2) is 29.1 Å². The van der Waals surface area contributed by atoms with Crippen molar-refractivity contribution in [2.75, 3.05) is 18.8 Å². The van der Waals surface area contributed by atoms with Crippen LogP contribution < -0.4 is 11.3 Å². The quantitative estimate of drug-likeness (QED) is 0.494. The molecule has 0 fully saturated rings. The molecule has 0 atom stereocenters. The van der Waals surface area contributed by atoms with Crippen LogP contribution in [0, 0.1) is 11.8 Å². The van der Waals surface area contributed by atoms with Crippen LogP contribution in [-0.4, -0.2) is 45.1 Å². The van der Waals surface area contributed by atoms with Gasteiger partial charge in [0.2, 0.25) is 0 Å². The number of benzene rings is 1. The molecule has 1 aromatic heterocycles. The summed E-state index contributed by atoms with van der Waals surface area (Å²) in [4.78, 5) is 40.2. The fourth-order valence-corrected chi connectivity index (χ4v) is 3.66. The largest absolute Gasteiger partial charge is 0.478 e. The zero-order valence-corrected chi connectivity index (χ0v) is 17.7. The van der Waals surface area contributed by atoms with Gasteiger partial charge in [0.15, 0.2) is 0 Å². The number of aromatic carboxylic acids is 2. The third-order valence-electron chi connectivity index (χ3n) is 4.54. The normalized spacial score (nSPS) is 11.4. The molecule has 8 nitrogen and oxygen atoms in total. The van der Waals surface area contributed by atoms with Crippen molar-refractivity contribution in [1.82, 2.24) is 9.88 Å². The first-order valence-electron chi connectivity index (χ1n) is 9.85. The number of anilines is 1. The lowest BCUT2D eigenvalue weighted by Crippen LogP contribution is -2.31. The summed E-state index contributed by atoms with van der Waals surface area (Å²) < 4.78 is 0. The molecule has 0 aliphatic carbocycles. The number of aromatic nitrogens is 1. The highest BCUT2D eigenvalue weighted by molar-refractivity contribution is 6.07. The van der Waals surface area contributed by atoms with E-state index in [0.717, 1.165) is 18.7 Å². The van der Waals surface area contributed by atoms with Crippen molar-refractivity contribution in [3.05, 3.63) is 51.3 Å². The summed E-state index contributed by atoms with van der Waals surface area (Å²) in [5.74, 6) is -2.36. The van der Waals surface area contributed by atoms with Gasteiger partial charge in [0, 0.05) is 25.2 Å². The second-order valence-corrected chi connectivity index (χ2v) is 8.29. The van der Waals surface area contributed by atoms with Crippen molar-refractivity contribution < 1.29 is 19.8 Å². The average Bonchev–Trinajstić information content (AvgIpc) is 2.59. The van der Waals surface area contributed by atoms with E-state index in [1.807, 2.05) is 6.07 Å². The Hall–Kier alpha value is -3.13. The molecule has 1 heterocycles. The number of nitrogen functional groups attached to an aromatic ring is 1. The second-order valence-electron chi connectivity index (χ2n) is 8.29. The lowest BCUT2D eigenvalue weighted by atomic mass is 9.94. The van der Waals surface area contributed by atoms with Gasteiger partial charge in [-0.15, -0.1) is 0 Å². The minimum atomic E-state index is -1.51. The molecular formula is C22H29N3O5. The Kier molecular flexibility index (Phi) is 7.39. The van der Waals surface area contributed by atoms with Gasteiger partial charge in [-0.2, -0.15) is 0 Å². The highest BCUT2D eigenvalue weighted by Crippen LogP contribution is 2.30. The standard InChI is InChI=1S/C22H29N3O5/c1-12(2)9-25(10-13(3)4)11-14-6-5-7-15(8-14)16-17(21(27)28)19(23)24-20(26)18(16)22(29)30/h5-8,12-13H,9-11H2,1-4H3,(H,27,28)(H,29,30)(H3,23,24,26). The van der Waals surface area contributed by atoms with E-state index in [9.17, 15) is 24.6 Å². The minimum absolute atomic E-state index is 0.183. The van der Waals surface area contributed by atoms with Crippen molar-refractivity contribution >= 4 is 17.8 Å². The Bertz CT molecular complexity index is 985. The summed E-state index contributed by atoms with van der Waals surface area (Å²) in [6, 6.07) is 6.93. The smallest absolute Gasteiger partial charge is 0.342 e. The topological polar surface area (TPSA) is 137 Å². The van der Waals surface area contributed by atoms with Gasteiger partial charge in [0.25, 0.3) is 5.56 Å². The van der Waals surface area contributed by atoms with Crippen LogP contribution in [0.2, 0.25) is 0 Å². The zero-order chi connectivity index (χ0) is 22.6. The number of hydrogen-bond donors (Lipinski definition) is 4. The molecule has 0 aliphatic rings. The van der Waals surface area contributed by atoms with E-state index in [4.69, 9.17) is 5.73 Å². The van der Waals surface area contributed by atoms with E-state index in [2.05, 4.69) is 37.6 Å². The van der Waals surface area contributed by atoms with Crippen molar-refractivity contribution in [3.63, 3.8) is 0 Å². The summed E-state index contributed by atoms with van der Waals surface area (Å²) in [6.45, 7) is 11.0. The molecule has 0 bridgehead atoms. The highest BCUT2D eigenvalue weighted by atomic mass is 16.4. The number of rotatable bonds is 9. The number of nitrogens with one attached hydrogen (secondary N) is 1. The second kappa shape index (κ2) is 9.58. The maximum atomic E-state index is 12.2. The van der Waals surface area contributed by atoms with Crippen LogP contribution in [0.25, 0.3) is 11.1 Å². The molecule has 0 amide bonds. The molecule has 0 saturated heterocycles. The fourth-order valence-electron chi connectivity index (χ4n) is 3.66. The molecule has 2 aromatic rings. The Morgan fingerprint density at radius 3 is 2.10 bits per heavy atom. The Morgan fingerprint density at radius 2 is 1.60 bits per heavy atom. The van der Waals surface area contributed by atoms with E-state index in [0.29, 0.717) is 23.9 Å². The number of nitrogens with zero attached hydrogens (tertiary/aromatic N) is 1. The predicted octanol–water partition coefficient (Wildman–Crippen LogP) is 3.13. The Labute approximate surface area is 175 Å². The molecule has 2 rings (SSSR count). The monoisotopic (exact) mass is 415 g/mol. The van der Waals surface area contributed by atoms with Crippen molar-refractivity contribution in [1.29, 1.82) is 0 Å². The van der Waals surface area contributed by atoms with Gasteiger partial charge in [-0.3, -0.25) is 9.69 Å². The van der Waals surface area contributed by atoms with E-state index in [-0.39, 0.29) is 11.4 Å². The third-order valence-corrected chi connectivity index (χ3v) is 4.54. The first-order chi connectivity index (χ1) is 14.0. The molecular weight excluding hydrogens is 386 g/mol. The number of carboxylic acids is 2. The maximum Gasteiger partial charge on any atom is 0.342 e. The van der Waals surface area contributed by atoms with Gasteiger partial charge in [-0.1, -0.05) is 45.9 Å². The molecule has 0 radical (unpaired) electrons. The number of pyridine rings is 1. The Morgan fingerprint density at radius 1 is 1.03 bits per heavy atom. The van der Waals surface area contributed by atoms with Gasteiger partial charge < -0.3 is 20.9 Å². The predicted molar refractivity (Wildman–Crippen MR) is 116 cm³/mol. The van der Waals surface area contributed by atoms with Gasteiger partial charge in [0.05, 0.1) is 0 Å². The first-order valence-corrected chi connectivity index (χ1v) is 9.85. The summed E-state index contributed by atoms with van der Waals surface area (Å²) >= 11 is 0. The SMILES string of the molecule is CC(C)CN(Cc1cccc(-c2c(C(=O)O)c(N)[nH]c(=O)c2C(=O)O)c1)CC(C)C. The molecule has 1 aromatic carbocycles. The molecule has 30 heavy (non-hydrogen) atoms. The average molecular weight is 415 g/mol. The summed E-state index contributed by atoms with van der Waals surface area (Å²) in [5.41, 5.74) is 4.75. The lowest BCUT2D eigenvalue weighted by molar-refractivity contribution is 0.0695. The Balaban J connectivity index is 2.60. The number of H-pyrrole nitrogens is 1. The van der Waals surface area contributed by atoms with Crippen LogP contribution >= 0.6 is 0 Å². The van der Waals surface area contributed by atoms with Gasteiger partial charge >= 0.3 is 11.9 Å². The summed E-state index contributed by atoms with van der Waals surface area (Å²) in [7, 11) is 0.